The highest BCUT2D eigenvalue weighted by atomic mass is 127. The molecule has 1 aromatic carbocycles. The van der Waals surface area contributed by atoms with Gasteiger partial charge in [0.1, 0.15) is 5.76 Å². The van der Waals surface area contributed by atoms with Crippen LogP contribution in [0.4, 0.5) is 5.69 Å². The molecule has 2 aromatic heterocycles. The molecule has 1 aliphatic rings. The van der Waals surface area contributed by atoms with Gasteiger partial charge in [0.05, 0.1) is 12.8 Å². The maximum Gasteiger partial charge on any atom is 0.191 e. The molecule has 0 amide bonds. The van der Waals surface area contributed by atoms with Crippen LogP contribution in [0.3, 0.4) is 0 Å². The number of benzene rings is 1. The van der Waals surface area contributed by atoms with E-state index in [0.717, 1.165) is 44.3 Å². The molecule has 7 heteroatoms. The molecule has 4 rings (SSSR count). The monoisotopic (exact) mass is 545 g/mol. The molecular weight excluding hydrogens is 513 g/mol. The number of piperidine rings is 1. The first kappa shape index (κ1) is 24.1. The van der Waals surface area contributed by atoms with Crippen molar-refractivity contribution < 1.29 is 4.42 Å². The zero-order chi connectivity index (χ0) is 21.1. The fourth-order valence-corrected chi connectivity index (χ4v) is 3.88. The Kier molecular flexibility index (Phi) is 9.87. The summed E-state index contributed by atoms with van der Waals surface area (Å²) in [6.45, 7) is 4.55. The molecule has 32 heavy (non-hydrogen) atoms. The zero-order valence-corrected chi connectivity index (χ0v) is 20.7. The summed E-state index contributed by atoms with van der Waals surface area (Å²) in [4.78, 5) is 11.4. The van der Waals surface area contributed by atoms with Crippen molar-refractivity contribution in [1.29, 1.82) is 0 Å². The van der Waals surface area contributed by atoms with Gasteiger partial charge in [-0.2, -0.15) is 0 Å². The van der Waals surface area contributed by atoms with Gasteiger partial charge in [-0.05, 0) is 48.6 Å². The van der Waals surface area contributed by atoms with Crippen molar-refractivity contribution in [2.45, 2.75) is 25.8 Å². The highest BCUT2D eigenvalue weighted by molar-refractivity contribution is 14.0. The predicted octanol–water partition coefficient (Wildman–Crippen LogP) is 4.49. The largest absolute Gasteiger partial charge is 0.469 e. The van der Waals surface area contributed by atoms with Gasteiger partial charge in [0.15, 0.2) is 5.96 Å². The van der Waals surface area contributed by atoms with Gasteiger partial charge < -0.3 is 20.0 Å². The van der Waals surface area contributed by atoms with Crippen LogP contribution in [0.15, 0.2) is 82.7 Å². The SMILES string of the molecule is I.c1ccc(CN=C(NCCc2ccco2)NCC2CCN(c3ccncc3)CC2)cc1. The van der Waals surface area contributed by atoms with Crippen LogP contribution in [0, 0.1) is 5.92 Å². The van der Waals surface area contributed by atoms with E-state index in [1.54, 1.807) is 6.26 Å². The van der Waals surface area contributed by atoms with E-state index in [2.05, 4.69) is 56.9 Å². The van der Waals surface area contributed by atoms with Gasteiger partial charge in [-0.15, -0.1) is 24.0 Å². The number of aliphatic imine (C=N–C) groups is 1. The molecule has 0 saturated carbocycles. The molecule has 0 spiro atoms. The molecule has 0 unspecified atom stereocenters. The predicted molar refractivity (Wildman–Crippen MR) is 141 cm³/mol. The standard InChI is InChI=1S/C25H31N5O.HI/c1-2-5-21(6-3-1)19-28-25(27-15-10-24-7-4-18-31-24)29-20-22-11-16-30(17-12-22)23-8-13-26-14-9-23;/h1-9,13-14,18,22H,10-12,15-17,19-20H2,(H2,27,28,29);1H. The normalized spacial score (nSPS) is 14.6. The van der Waals surface area contributed by atoms with Crippen molar-refractivity contribution in [3.05, 3.63) is 84.6 Å². The summed E-state index contributed by atoms with van der Waals surface area (Å²) in [5.74, 6) is 2.50. The number of nitrogens with zero attached hydrogens (tertiary/aromatic N) is 3. The Labute approximate surface area is 207 Å². The fourth-order valence-electron chi connectivity index (χ4n) is 3.88. The first-order valence-corrected chi connectivity index (χ1v) is 11.1. The van der Waals surface area contributed by atoms with Gasteiger partial charge in [0.25, 0.3) is 0 Å². The Balaban J connectivity index is 0.00000289. The van der Waals surface area contributed by atoms with Crippen molar-refractivity contribution >= 4 is 35.6 Å². The summed E-state index contributed by atoms with van der Waals surface area (Å²) in [5, 5.41) is 7.04. The second-order valence-corrected chi connectivity index (χ2v) is 7.92. The Morgan fingerprint density at radius 2 is 1.78 bits per heavy atom. The number of guanidine groups is 1. The van der Waals surface area contributed by atoms with Gasteiger partial charge in [-0.25, -0.2) is 4.99 Å². The number of hydrogen-bond donors (Lipinski definition) is 2. The second kappa shape index (κ2) is 13.1. The lowest BCUT2D eigenvalue weighted by Crippen LogP contribution is -2.43. The average Bonchev–Trinajstić information content (AvgIpc) is 3.36. The molecule has 1 aliphatic heterocycles. The average molecular weight is 545 g/mol. The smallest absolute Gasteiger partial charge is 0.191 e. The Bertz CT molecular complexity index is 910. The first-order valence-electron chi connectivity index (χ1n) is 11.1. The van der Waals surface area contributed by atoms with Crippen LogP contribution in [-0.4, -0.2) is 37.1 Å². The summed E-state index contributed by atoms with van der Waals surface area (Å²) < 4.78 is 5.44. The molecule has 170 valence electrons. The van der Waals surface area contributed by atoms with E-state index in [1.165, 1.54) is 24.1 Å². The zero-order valence-electron chi connectivity index (χ0n) is 18.3. The molecule has 1 fully saturated rings. The van der Waals surface area contributed by atoms with Gasteiger partial charge in [0.2, 0.25) is 0 Å². The molecule has 0 bridgehead atoms. The van der Waals surface area contributed by atoms with Crippen LogP contribution in [0.5, 0.6) is 0 Å². The van der Waals surface area contributed by atoms with E-state index < -0.39 is 0 Å². The molecule has 6 nitrogen and oxygen atoms in total. The number of hydrogen-bond acceptors (Lipinski definition) is 4. The minimum absolute atomic E-state index is 0. The van der Waals surface area contributed by atoms with Gasteiger partial charge in [-0.1, -0.05) is 30.3 Å². The maximum atomic E-state index is 5.44. The van der Waals surface area contributed by atoms with Crippen LogP contribution in [0.25, 0.3) is 0 Å². The molecule has 0 radical (unpaired) electrons. The number of anilines is 1. The molecular formula is C25H32IN5O. The number of furan rings is 1. The molecule has 3 aromatic rings. The minimum Gasteiger partial charge on any atom is -0.469 e. The summed E-state index contributed by atoms with van der Waals surface area (Å²) in [6, 6.07) is 18.5. The summed E-state index contributed by atoms with van der Waals surface area (Å²) in [7, 11) is 0. The Hall–Kier alpha value is -2.55. The summed E-state index contributed by atoms with van der Waals surface area (Å²) in [6.07, 6.45) is 8.64. The minimum atomic E-state index is 0. The van der Waals surface area contributed by atoms with Crippen LogP contribution < -0.4 is 15.5 Å². The van der Waals surface area contributed by atoms with E-state index in [9.17, 15) is 0 Å². The molecule has 2 N–H and O–H groups in total. The van der Waals surface area contributed by atoms with Crippen molar-refractivity contribution in [2.75, 3.05) is 31.1 Å². The van der Waals surface area contributed by atoms with Crippen LogP contribution in [0.2, 0.25) is 0 Å². The number of aromatic nitrogens is 1. The fraction of sp³-hybridized carbons (Fsp3) is 0.360. The molecule has 0 atom stereocenters. The van der Waals surface area contributed by atoms with Crippen molar-refractivity contribution in [2.24, 2.45) is 10.9 Å². The third-order valence-corrected chi connectivity index (χ3v) is 5.71. The Morgan fingerprint density at radius 1 is 1.00 bits per heavy atom. The van der Waals surface area contributed by atoms with Crippen molar-refractivity contribution in [1.82, 2.24) is 15.6 Å². The lowest BCUT2D eigenvalue weighted by Gasteiger charge is -2.33. The second-order valence-electron chi connectivity index (χ2n) is 7.92. The quantitative estimate of drug-likeness (QED) is 0.248. The molecule has 3 heterocycles. The number of halogens is 1. The maximum absolute atomic E-state index is 5.44. The summed E-state index contributed by atoms with van der Waals surface area (Å²) in [5.41, 5.74) is 2.48. The van der Waals surface area contributed by atoms with Gasteiger partial charge in [-0.3, -0.25) is 4.98 Å². The molecule has 1 saturated heterocycles. The van der Waals surface area contributed by atoms with E-state index in [1.807, 2.05) is 30.6 Å². The van der Waals surface area contributed by atoms with Crippen LogP contribution >= 0.6 is 24.0 Å². The lowest BCUT2D eigenvalue weighted by molar-refractivity contribution is 0.400. The van der Waals surface area contributed by atoms with E-state index >= 15 is 0 Å². The number of rotatable bonds is 8. The van der Waals surface area contributed by atoms with Crippen LogP contribution in [-0.2, 0) is 13.0 Å². The van der Waals surface area contributed by atoms with Gasteiger partial charge >= 0.3 is 0 Å². The summed E-state index contributed by atoms with van der Waals surface area (Å²) >= 11 is 0. The van der Waals surface area contributed by atoms with Gasteiger partial charge in [0, 0.05) is 50.7 Å². The number of pyridine rings is 1. The molecule has 0 aliphatic carbocycles. The van der Waals surface area contributed by atoms with E-state index in [4.69, 9.17) is 9.41 Å². The van der Waals surface area contributed by atoms with Crippen LogP contribution in [0.1, 0.15) is 24.2 Å². The van der Waals surface area contributed by atoms with Crippen molar-refractivity contribution in [3.8, 4) is 0 Å². The van der Waals surface area contributed by atoms with E-state index in [0.29, 0.717) is 12.5 Å². The highest BCUT2D eigenvalue weighted by Crippen LogP contribution is 2.22. The third-order valence-electron chi connectivity index (χ3n) is 5.71. The van der Waals surface area contributed by atoms with Crippen molar-refractivity contribution in [3.63, 3.8) is 0 Å². The van der Waals surface area contributed by atoms with E-state index in [-0.39, 0.29) is 24.0 Å². The Morgan fingerprint density at radius 3 is 2.50 bits per heavy atom. The topological polar surface area (TPSA) is 65.7 Å². The highest BCUT2D eigenvalue weighted by Gasteiger charge is 2.19. The lowest BCUT2D eigenvalue weighted by atomic mass is 9.96. The first-order chi connectivity index (χ1) is 15.4. The number of nitrogens with one attached hydrogen (secondary N) is 2. The third kappa shape index (κ3) is 7.55.